The van der Waals surface area contributed by atoms with Crippen LogP contribution in [-0.4, -0.2) is 38.8 Å². The van der Waals surface area contributed by atoms with Crippen LogP contribution < -0.4 is 9.47 Å². The summed E-state index contributed by atoms with van der Waals surface area (Å²) < 4.78 is 15.0. The van der Waals surface area contributed by atoms with Gasteiger partial charge in [-0.15, -0.1) is 11.8 Å². The van der Waals surface area contributed by atoms with Gasteiger partial charge >= 0.3 is 5.97 Å². The molecule has 19 heavy (non-hydrogen) atoms. The van der Waals surface area contributed by atoms with E-state index in [1.807, 2.05) is 6.26 Å². The average molecular weight is 284 g/mol. The van der Waals surface area contributed by atoms with Crippen LogP contribution in [0, 0.1) is 0 Å². The maximum Gasteiger partial charge on any atom is 0.379 e. The van der Waals surface area contributed by atoms with Crippen molar-refractivity contribution in [1.29, 1.82) is 0 Å². The molecule has 5 nitrogen and oxygen atoms in total. The highest BCUT2D eigenvalue weighted by molar-refractivity contribution is 7.98. The second kappa shape index (κ2) is 7.04. The molecule has 0 unspecified atom stereocenters. The topological polar surface area (TPSA) is 61.8 Å². The largest absolute Gasteiger partial charge is 0.493 e. The van der Waals surface area contributed by atoms with Crippen molar-refractivity contribution >= 4 is 23.5 Å². The van der Waals surface area contributed by atoms with E-state index >= 15 is 0 Å². The fourth-order valence-electron chi connectivity index (χ4n) is 1.51. The lowest BCUT2D eigenvalue weighted by Gasteiger charge is -2.12. The van der Waals surface area contributed by atoms with Gasteiger partial charge in [-0.1, -0.05) is 0 Å². The van der Waals surface area contributed by atoms with E-state index in [9.17, 15) is 9.59 Å². The molecular weight excluding hydrogens is 268 g/mol. The molecule has 6 heteroatoms. The van der Waals surface area contributed by atoms with Crippen molar-refractivity contribution in [3.63, 3.8) is 0 Å². The molecule has 0 atom stereocenters. The Morgan fingerprint density at radius 1 is 1.16 bits per heavy atom. The first-order valence-corrected chi connectivity index (χ1v) is 6.82. The smallest absolute Gasteiger partial charge is 0.379 e. The molecule has 104 valence electrons. The third-order valence-electron chi connectivity index (χ3n) is 2.41. The lowest BCUT2D eigenvalue weighted by Crippen LogP contribution is -2.18. The van der Waals surface area contributed by atoms with Crippen LogP contribution in [0.5, 0.6) is 11.5 Å². The van der Waals surface area contributed by atoms with E-state index in [4.69, 9.17) is 14.2 Å². The molecule has 1 rings (SSSR count). The van der Waals surface area contributed by atoms with Crippen LogP contribution in [0.2, 0.25) is 0 Å². The molecule has 0 aliphatic heterocycles. The number of esters is 1. The van der Waals surface area contributed by atoms with Gasteiger partial charge in [0.15, 0.2) is 11.5 Å². The molecule has 0 saturated carbocycles. The standard InChI is InChI=1S/C13H16O5S/c1-5-18-13(15)12(14)8-6-9(16-2)10(17-3)7-11(8)19-4/h6-7H,5H2,1-4H3. The van der Waals surface area contributed by atoms with Gasteiger partial charge in [-0.2, -0.15) is 0 Å². The number of carbonyl (C=O) groups is 2. The Bertz CT molecular complexity index is 484. The first-order valence-electron chi connectivity index (χ1n) is 5.60. The van der Waals surface area contributed by atoms with E-state index < -0.39 is 11.8 Å². The Morgan fingerprint density at radius 2 is 1.74 bits per heavy atom. The number of hydrogen-bond donors (Lipinski definition) is 0. The summed E-state index contributed by atoms with van der Waals surface area (Å²) in [6, 6.07) is 3.15. The average Bonchev–Trinajstić information content (AvgIpc) is 2.45. The molecule has 0 heterocycles. The molecule has 0 amide bonds. The number of methoxy groups -OCH3 is 2. The molecule has 0 radical (unpaired) electrons. The highest BCUT2D eigenvalue weighted by atomic mass is 32.2. The van der Waals surface area contributed by atoms with E-state index in [0.717, 1.165) is 0 Å². The summed E-state index contributed by atoms with van der Waals surface area (Å²) in [6.07, 6.45) is 1.81. The van der Waals surface area contributed by atoms with Gasteiger partial charge in [0.25, 0.3) is 5.78 Å². The summed E-state index contributed by atoms with van der Waals surface area (Å²) in [5.41, 5.74) is 0.253. The number of rotatable bonds is 6. The Labute approximate surface area is 116 Å². The van der Waals surface area contributed by atoms with Gasteiger partial charge < -0.3 is 14.2 Å². The second-order valence-corrected chi connectivity index (χ2v) is 4.31. The van der Waals surface area contributed by atoms with E-state index in [0.29, 0.717) is 16.4 Å². The number of carbonyl (C=O) groups excluding carboxylic acids is 2. The van der Waals surface area contributed by atoms with Crippen molar-refractivity contribution in [3.8, 4) is 11.5 Å². The number of Topliss-reactive ketones (excluding diaryl/α,β-unsaturated/α-hetero) is 1. The molecule has 0 aliphatic carbocycles. The molecule has 0 saturated heterocycles. The first-order chi connectivity index (χ1) is 9.08. The predicted molar refractivity (Wildman–Crippen MR) is 72.3 cm³/mol. The van der Waals surface area contributed by atoms with E-state index in [-0.39, 0.29) is 12.2 Å². The highest BCUT2D eigenvalue weighted by Crippen LogP contribution is 2.34. The molecule has 0 aliphatic rings. The molecule has 0 spiro atoms. The molecule has 0 bridgehead atoms. The van der Waals surface area contributed by atoms with Gasteiger partial charge in [0.1, 0.15) is 0 Å². The Balaban J connectivity index is 3.25. The quantitative estimate of drug-likeness (QED) is 0.345. The van der Waals surface area contributed by atoms with E-state index in [1.54, 1.807) is 13.0 Å². The first kappa shape index (κ1) is 15.4. The van der Waals surface area contributed by atoms with Crippen molar-refractivity contribution in [1.82, 2.24) is 0 Å². The molecule has 0 N–H and O–H groups in total. The van der Waals surface area contributed by atoms with E-state index in [2.05, 4.69) is 0 Å². The zero-order valence-electron chi connectivity index (χ0n) is 11.3. The fourth-order valence-corrected chi connectivity index (χ4v) is 2.11. The van der Waals surface area contributed by atoms with Crippen LogP contribution in [0.3, 0.4) is 0 Å². The second-order valence-electron chi connectivity index (χ2n) is 3.46. The molecular formula is C13H16O5S. The van der Waals surface area contributed by atoms with Crippen molar-refractivity contribution < 1.29 is 23.8 Å². The van der Waals surface area contributed by atoms with Crippen molar-refractivity contribution in [2.45, 2.75) is 11.8 Å². The number of hydrogen-bond acceptors (Lipinski definition) is 6. The molecule has 0 aromatic heterocycles. The van der Waals surface area contributed by atoms with Gasteiger partial charge in [-0.25, -0.2) is 4.79 Å². The summed E-state index contributed by atoms with van der Waals surface area (Å²) in [5.74, 6) is -0.655. The predicted octanol–water partition coefficient (Wildman–Crippen LogP) is 2.17. The lowest BCUT2D eigenvalue weighted by molar-refractivity contribution is -0.137. The number of ketones is 1. The molecule has 0 fully saturated rings. The van der Waals surface area contributed by atoms with E-state index in [1.165, 1.54) is 32.0 Å². The van der Waals surface area contributed by atoms with Crippen LogP contribution in [0.1, 0.15) is 17.3 Å². The third kappa shape index (κ3) is 3.41. The van der Waals surface area contributed by atoms with Crippen LogP contribution >= 0.6 is 11.8 Å². The van der Waals surface area contributed by atoms with Crippen molar-refractivity contribution in [2.24, 2.45) is 0 Å². The number of thioether (sulfide) groups is 1. The van der Waals surface area contributed by atoms with Crippen molar-refractivity contribution in [2.75, 3.05) is 27.1 Å². The fraction of sp³-hybridized carbons (Fsp3) is 0.385. The SMILES string of the molecule is CCOC(=O)C(=O)c1cc(OC)c(OC)cc1SC. The van der Waals surface area contributed by atoms with Crippen LogP contribution in [0.15, 0.2) is 17.0 Å². The van der Waals surface area contributed by atoms with Crippen LogP contribution in [0.25, 0.3) is 0 Å². The van der Waals surface area contributed by atoms with Crippen molar-refractivity contribution in [3.05, 3.63) is 17.7 Å². The summed E-state index contributed by atoms with van der Waals surface area (Å²) in [7, 11) is 2.98. The number of ether oxygens (including phenoxy) is 3. The van der Waals surface area contributed by atoms with Gasteiger partial charge in [-0.3, -0.25) is 4.79 Å². The minimum atomic E-state index is -0.870. The summed E-state index contributed by atoms with van der Waals surface area (Å²) in [6.45, 7) is 1.81. The third-order valence-corrected chi connectivity index (χ3v) is 3.19. The summed E-state index contributed by atoms with van der Waals surface area (Å²) in [5, 5.41) is 0. The maximum atomic E-state index is 12.0. The Morgan fingerprint density at radius 3 is 2.21 bits per heavy atom. The normalized spacial score (nSPS) is 9.89. The Hall–Kier alpha value is -1.69. The molecule has 1 aromatic carbocycles. The van der Waals surface area contributed by atoms with Gasteiger partial charge in [-0.05, 0) is 25.3 Å². The van der Waals surface area contributed by atoms with Gasteiger partial charge in [0.05, 0.1) is 20.8 Å². The minimum absolute atomic E-state index is 0.159. The zero-order chi connectivity index (χ0) is 14.4. The lowest BCUT2D eigenvalue weighted by atomic mass is 10.1. The van der Waals surface area contributed by atoms with Gasteiger partial charge in [0.2, 0.25) is 0 Å². The van der Waals surface area contributed by atoms with Crippen LogP contribution in [-0.2, 0) is 9.53 Å². The highest BCUT2D eigenvalue weighted by Gasteiger charge is 2.23. The minimum Gasteiger partial charge on any atom is -0.493 e. The van der Waals surface area contributed by atoms with Crippen LogP contribution in [0.4, 0.5) is 0 Å². The number of benzene rings is 1. The monoisotopic (exact) mass is 284 g/mol. The maximum absolute atomic E-state index is 12.0. The summed E-state index contributed by atoms with van der Waals surface area (Å²) >= 11 is 1.34. The molecule has 1 aromatic rings. The van der Waals surface area contributed by atoms with Gasteiger partial charge in [0, 0.05) is 10.5 Å². The summed E-state index contributed by atoms with van der Waals surface area (Å²) in [4.78, 5) is 24.1. The zero-order valence-corrected chi connectivity index (χ0v) is 12.1. The Kier molecular flexibility index (Phi) is 5.69.